The van der Waals surface area contributed by atoms with Gasteiger partial charge in [-0.15, -0.1) is 0 Å². The van der Waals surface area contributed by atoms with Gasteiger partial charge in [-0.3, -0.25) is 0 Å². The number of hydrogen-bond acceptors (Lipinski definition) is 4. The van der Waals surface area contributed by atoms with Crippen molar-refractivity contribution in [3.8, 4) is 0 Å². The summed E-state index contributed by atoms with van der Waals surface area (Å²) in [5.41, 5.74) is 1.12. The van der Waals surface area contributed by atoms with Gasteiger partial charge in [0.15, 0.2) is 0 Å². The van der Waals surface area contributed by atoms with Gasteiger partial charge < -0.3 is 14.6 Å². The number of likely N-dealkylation sites (tertiary alicyclic amines) is 1. The normalized spacial score (nSPS) is 22.9. The third-order valence-corrected chi connectivity index (χ3v) is 2.82. The molecule has 2 rings (SSSR count). The number of aromatic nitrogens is 1. The Hall–Kier alpha value is -1.03. The van der Waals surface area contributed by atoms with Crippen LogP contribution in [0.1, 0.15) is 23.8 Å². The van der Waals surface area contributed by atoms with E-state index in [1.165, 1.54) is 6.42 Å². The molecular formula is C10H17N3O. The van der Waals surface area contributed by atoms with Crippen LogP contribution in [0.3, 0.4) is 0 Å². The highest BCUT2D eigenvalue weighted by atomic mass is 16.4. The lowest BCUT2D eigenvalue weighted by Gasteiger charge is -2.07. The maximum absolute atomic E-state index is 5.47. The molecule has 0 aromatic carbocycles. The Morgan fingerprint density at radius 1 is 1.57 bits per heavy atom. The molecule has 1 aliphatic rings. The average Bonchev–Trinajstić information content (AvgIpc) is 2.71. The zero-order valence-corrected chi connectivity index (χ0v) is 9.00. The molecule has 4 heteroatoms. The van der Waals surface area contributed by atoms with Gasteiger partial charge in [0, 0.05) is 19.5 Å². The molecule has 0 saturated carbocycles. The molecule has 14 heavy (non-hydrogen) atoms. The second kappa shape index (κ2) is 3.61. The van der Waals surface area contributed by atoms with Gasteiger partial charge in [-0.2, -0.15) is 4.98 Å². The van der Waals surface area contributed by atoms with Crippen LogP contribution in [-0.4, -0.2) is 37.1 Å². The largest absolute Gasteiger partial charge is 0.429 e. The number of oxazole rings is 1. The molecule has 1 aromatic rings. The molecule has 0 amide bonds. The Bertz CT molecular complexity index is 321. The maximum atomic E-state index is 5.47. The van der Waals surface area contributed by atoms with Gasteiger partial charge in [-0.05, 0) is 26.9 Å². The summed E-state index contributed by atoms with van der Waals surface area (Å²) in [6, 6.07) is 0.632. The first-order chi connectivity index (χ1) is 6.70. The van der Waals surface area contributed by atoms with Crippen LogP contribution >= 0.6 is 0 Å². The van der Waals surface area contributed by atoms with E-state index >= 15 is 0 Å². The lowest BCUT2D eigenvalue weighted by atomic mass is 10.0. The minimum atomic E-state index is 0.547. The Morgan fingerprint density at radius 2 is 2.36 bits per heavy atom. The molecule has 78 valence electrons. The molecule has 1 atom stereocenters. The SMILES string of the molecule is CNc1nc(C2CCN(C)C2)c(C)o1. The minimum Gasteiger partial charge on any atom is -0.429 e. The summed E-state index contributed by atoms with van der Waals surface area (Å²) in [6.07, 6.45) is 1.19. The fourth-order valence-corrected chi connectivity index (χ4v) is 2.05. The van der Waals surface area contributed by atoms with Crippen LogP contribution in [0.4, 0.5) is 6.01 Å². The fourth-order valence-electron chi connectivity index (χ4n) is 2.05. The van der Waals surface area contributed by atoms with E-state index in [1.54, 1.807) is 0 Å². The molecule has 1 saturated heterocycles. The van der Waals surface area contributed by atoms with Gasteiger partial charge in [0.25, 0.3) is 6.01 Å². The Morgan fingerprint density at radius 3 is 2.86 bits per heavy atom. The molecular weight excluding hydrogens is 178 g/mol. The van der Waals surface area contributed by atoms with Crippen molar-refractivity contribution in [2.24, 2.45) is 0 Å². The van der Waals surface area contributed by atoms with Crippen molar-refractivity contribution in [3.63, 3.8) is 0 Å². The number of anilines is 1. The molecule has 1 fully saturated rings. The van der Waals surface area contributed by atoms with E-state index < -0.39 is 0 Å². The van der Waals surface area contributed by atoms with Crippen LogP contribution in [0.15, 0.2) is 4.42 Å². The smallest absolute Gasteiger partial charge is 0.294 e. The molecule has 1 N–H and O–H groups in total. The van der Waals surface area contributed by atoms with Crippen molar-refractivity contribution in [1.29, 1.82) is 0 Å². The predicted molar refractivity (Wildman–Crippen MR) is 55.6 cm³/mol. The highest BCUT2D eigenvalue weighted by Gasteiger charge is 2.26. The molecule has 0 aliphatic carbocycles. The van der Waals surface area contributed by atoms with Crippen LogP contribution < -0.4 is 5.32 Å². The molecule has 1 aliphatic heterocycles. The number of hydrogen-bond donors (Lipinski definition) is 1. The summed E-state index contributed by atoms with van der Waals surface area (Å²) in [6.45, 7) is 4.24. The molecule has 1 aromatic heterocycles. The molecule has 2 heterocycles. The van der Waals surface area contributed by atoms with E-state index in [-0.39, 0.29) is 0 Å². The van der Waals surface area contributed by atoms with Crippen molar-refractivity contribution in [3.05, 3.63) is 11.5 Å². The first-order valence-corrected chi connectivity index (χ1v) is 5.04. The van der Waals surface area contributed by atoms with Crippen LogP contribution in [-0.2, 0) is 0 Å². The van der Waals surface area contributed by atoms with E-state index in [1.807, 2.05) is 14.0 Å². The van der Waals surface area contributed by atoms with Crippen LogP contribution in [0, 0.1) is 6.92 Å². The van der Waals surface area contributed by atoms with Gasteiger partial charge in [-0.25, -0.2) is 0 Å². The van der Waals surface area contributed by atoms with Crippen LogP contribution in [0.25, 0.3) is 0 Å². The van der Waals surface area contributed by atoms with E-state index in [0.29, 0.717) is 11.9 Å². The second-order valence-corrected chi connectivity index (χ2v) is 3.96. The first kappa shape index (κ1) is 9.52. The van der Waals surface area contributed by atoms with E-state index in [0.717, 1.165) is 24.5 Å². The van der Waals surface area contributed by atoms with Crippen molar-refractivity contribution in [2.75, 3.05) is 32.5 Å². The molecule has 1 unspecified atom stereocenters. The van der Waals surface area contributed by atoms with Crippen molar-refractivity contribution in [2.45, 2.75) is 19.3 Å². The van der Waals surface area contributed by atoms with Gasteiger partial charge in [0.05, 0.1) is 5.69 Å². The highest BCUT2D eigenvalue weighted by molar-refractivity contribution is 5.27. The Labute approximate surface area is 84.3 Å². The number of nitrogens with zero attached hydrogens (tertiary/aromatic N) is 2. The van der Waals surface area contributed by atoms with Crippen LogP contribution in [0.2, 0.25) is 0 Å². The summed E-state index contributed by atoms with van der Waals surface area (Å²) in [7, 11) is 3.98. The fraction of sp³-hybridized carbons (Fsp3) is 0.700. The number of nitrogens with one attached hydrogen (secondary N) is 1. The average molecular weight is 195 g/mol. The standard InChI is InChI=1S/C10H17N3O/c1-7-9(12-10(11-2)14-7)8-4-5-13(3)6-8/h8H,4-6H2,1-3H3,(H,11,12). The topological polar surface area (TPSA) is 41.3 Å². The predicted octanol–water partition coefficient (Wildman–Crippen LogP) is 1.44. The zero-order chi connectivity index (χ0) is 10.1. The highest BCUT2D eigenvalue weighted by Crippen LogP contribution is 2.29. The molecule has 0 bridgehead atoms. The third kappa shape index (κ3) is 1.62. The van der Waals surface area contributed by atoms with Gasteiger partial charge >= 0.3 is 0 Å². The summed E-state index contributed by atoms with van der Waals surface area (Å²) in [5.74, 6) is 1.50. The minimum absolute atomic E-state index is 0.547. The van der Waals surface area contributed by atoms with Crippen LogP contribution in [0.5, 0.6) is 0 Å². The second-order valence-electron chi connectivity index (χ2n) is 3.96. The lowest BCUT2D eigenvalue weighted by Crippen LogP contribution is -2.13. The Kier molecular flexibility index (Phi) is 2.46. The summed E-state index contributed by atoms with van der Waals surface area (Å²) < 4.78 is 5.47. The first-order valence-electron chi connectivity index (χ1n) is 5.04. The molecule has 0 radical (unpaired) electrons. The zero-order valence-electron chi connectivity index (χ0n) is 9.00. The van der Waals surface area contributed by atoms with E-state index in [2.05, 4.69) is 22.2 Å². The van der Waals surface area contributed by atoms with Gasteiger partial charge in [0.2, 0.25) is 0 Å². The summed E-state index contributed by atoms with van der Waals surface area (Å²) in [4.78, 5) is 6.77. The number of likely N-dealkylation sites (N-methyl/N-ethyl adjacent to an activating group) is 1. The van der Waals surface area contributed by atoms with E-state index in [9.17, 15) is 0 Å². The number of aryl methyl sites for hydroxylation is 1. The van der Waals surface area contributed by atoms with Crippen molar-refractivity contribution >= 4 is 6.01 Å². The molecule has 4 nitrogen and oxygen atoms in total. The van der Waals surface area contributed by atoms with Gasteiger partial charge in [0.1, 0.15) is 5.76 Å². The van der Waals surface area contributed by atoms with E-state index in [4.69, 9.17) is 4.42 Å². The van der Waals surface area contributed by atoms with Crippen molar-refractivity contribution < 1.29 is 4.42 Å². The lowest BCUT2D eigenvalue weighted by molar-refractivity contribution is 0.410. The maximum Gasteiger partial charge on any atom is 0.294 e. The quantitative estimate of drug-likeness (QED) is 0.775. The third-order valence-electron chi connectivity index (χ3n) is 2.82. The Balaban J connectivity index is 2.19. The summed E-state index contributed by atoms with van der Waals surface area (Å²) >= 11 is 0. The van der Waals surface area contributed by atoms with Gasteiger partial charge in [-0.1, -0.05) is 0 Å². The van der Waals surface area contributed by atoms with Crippen molar-refractivity contribution in [1.82, 2.24) is 9.88 Å². The summed E-state index contributed by atoms with van der Waals surface area (Å²) in [5, 5.41) is 2.93. The monoisotopic (exact) mass is 195 g/mol. The molecule has 0 spiro atoms. The number of rotatable bonds is 2.